The normalized spacial score (nSPS) is 26.5. The standard InChI is InChI=1S/C17H29N3/c1-16(2,3)15-13-11-19-9-7-12(8-10-19)14(13)18-20(15)17(4,5)6/h12H,7-11H2,1-6H3/p+1. The van der Waals surface area contributed by atoms with E-state index < -0.39 is 0 Å². The first-order valence-corrected chi connectivity index (χ1v) is 8.08. The molecule has 0 aliphatic carbocycles. The zero-order valence-corrected chi connectivity index (χ0v) is 14.0. The first kappa shape index (κ1) is 14.1. The maximum atomic E-state index is 3.81. The Labute approximate surface area is 123 Å². The minimum atomic E-state index is 0.114. The molecule has 0 saturated carbocycles. The van der Waals surface area contributed by atoms with Crippen LogP contribution < -0.4 is 4.68 Å². The van der Waals surface area contributed by atoms with Crippen molar-refractivity contribution in [2.24, 2.45) is 0 Å². The second kappa shape index (κ2) is 4.33. The van der Waals surface area contributed by atoms with Gasteiger partial charge < -0.3 is 0 Å². The van der Waals surface area contributed by atoms with Crippen molar-refractivity contribution < 1.29 is 4.68 Å². The average Bonchev–Trinajstić information content (AvgIpc) is 2.54. The molecule has 3 aliphatic rings. The van der Waals surface area contributed by atoms with E-state index >= 15 is 0 Å². The van der Waals surface area contributed by atoms with Crippen LogP contribution in [0.2, 0.25) is 0 Å². The zero-order valence-electron chi connectivity index (χ0n) is 14.0. The number of nitrogens with zero attached hydrogens (tertiary/aromatic N) is 2. The number of hydrogen-bond donors (Lipinski definition) is 1. The highest BCUT2D eigenvalue weighted by atomic mass is 15.3. The van der Waals surface area contributed by atoms with Crippen LogP contribution in [0, 0.1) is 0 Å². The largest absolute Gasteiger partial charge is 0.299 e. The lowest BCUT2D eigenvalue weighted by atomic mass is 9.86. The van der Waals surface area contributed by atoms with Gasteiger partial charge in [0.15, 0.2) is 5.54 Å². The van der Waals surface area contributed by atoms with Crippen LogP contribution in [-0.2, 0) is 17.5 Å². The third-order valence-corrected chi connectivity index (χ3v) is 4.83. The van der Waals surface area contributed by atoms with Crippen molar-refractivity contribution in [3.8, 4) is 0 Å². The van der Waals surface area contributed by atoms with Gasteiger partial charge >= 0.3 is 0 Å². The Morgan fingerprint density at radius 2 is 1.65 bits per heavy atom. The van der Waals surface area contributed by atoms with E-state index in [-0.39, 0.29) is 11.0 Å². The topological polar surface area (TPSA) is 22.9 Å². The second-order valence-corrected chi connectivity index (χ2v) is 8.66. The quantitative estimate of drug-likeness (QED) is 0.723. The van der Waals surface area contributed by atoms with Gasteiger partial charge in [0, 0.05) is 38.6 Å². The molecule has 1 N–H and O–H groups in total. The van der Waals surface area contributed by atoms with Gasteiger partial charge in [-0.1, -0.05) is 20.8 Å². The Hall–Kier alpha value is -0.830. The monoisotopic (exact) mass is 276 g/mol. The molecule has 0 unspecified atom stereocenters. The van der Waals surface area contributed by atoms with Gasteiger partial charge in [-0.3, -0.25) is 4.90 Å². The van der Waals surface area contributed by atoms with Crippen molar-refractivity contribution in [3.05, 3.63) is 17.0 Å². The van der Waals surface area contributed by atoms with Crippen LogP contribution in [0.5, 0.6) is 0 Å². The summed E-state index contributed by atoms with van der Waals surface area (Å²) in [4.78, 5) is 2.64. The molecule has 0 spiro atoms. The number of aromatic amines is 1. The van der Waals surface area contributed by atoms with E-state index in [9.17, 15) is 0 Å². The molecule has 3 nitrogen and oxygen atoms in total. The lowest BCUT2D eigenvalue weighted by molar-refractivity contribution is -0.811. The number of piperidine rings is 1. The number of fused-ring (bicyclic) bond motifs is 2. The molecule has 4 rings (SSSR count). The van der Waals surface area contributed by atoms with Crippen LogP contribution in [0.1, 0.15) is 77.3 Å². The Morgan fingerprint density at radius 3 is 2.15 bits per heavy atom. The number of H-pyrrole nitrogens is 1. The summed E-state index contributed by atoms with van der Waals surface area (Å²) < 4.78 is 2.44. The Balaban J connectivity index is 2.21. The van der Waals surface area contributed by atoms with Crippen LogP contribution in [0.15, 0.2) is 0 Å². The van der Waals surface area contributed by atoms with Crippen LogP contribution in [0.25, 0.3) is 0 Å². The smallest absolute Gasteiger partial charge is 0.218 e. The van der Waals surface area contributed by atoms with Crippen molar-refractivity contribution in [3.63, 3.8) is 0 Å². The SMILES string of the molecule is CC(C)(C)c1c2c([nH][n+]1C(C)(C)C)C1CCN(CC1)C2. The molecule has 3 heteroatoms. The summed E-state index contributed by atoms with van der Waals surface area (Å²) in [6.45, 7) is 17.6. The first-order valence-electron chi connectivity index (χ1n) is 8.08. The third kappa shape index (κ3) is 2.20. The maximum Gasteiger partial charge on any atom is 0.218 e. The second-order valence-electron chi connectivity index (χ2n) is 8.66. The fourth-order valence-electron chi connectivity index (χ4n) is 3.90. The Kier molecular flexibility index (Phi) is 3.06. The van der Waals surface area contributed by atoms with Gasteiger partial charge in [0.05, 0.1) is 11.3 Å². The minimum absolute atomic E-state index is 0.114. The molecule has 112 valence electrons. The Morgan fingerprint density at radius 1 is 1.05 bits per heavy atom. The summed E-state index contributed by atoms with van der Waals surface area (Å²) in [6, 6.07) is 0. The predicted molar refractivity (Wildman–Crippen MR) is 81.9 cm³/mol. The summed E-state index contributed by atoms with van der Waals surface area (Å²) >= 11 is 0. The van der Waals surface area contributed by atoms with Crippen LogP contribution in [0.4, 0.5) is 0 Å². The zero-order chi connectivity index (χ0) is 14.7. The van der Waals surface area contributed by atoms with E-state index in [0.29, 0.717) is 0 Å². The van der Waals surface area contributed by atoms with Crippen molar-refractivity contribution >= 4 is 0 Å². The molecule has 1 saturated heterocycles. The molecule has 20 heavy (non-hydrogen) atoms. The lowest BCUT2D eigenvalue weighted by Crippen LogP contribution is -2.57. The molecule has 1 aromatic rings. The summed E-state index contributed by atoms with van der Waals surface area (Å²) in [5.74, 6) is 0.744. The molecule has 0 atom stereocenters. The van der Waals surface area contributed by atoms with E-state index in [1.54, 1.807) is 5.56 Å². The molecular weight excluding hydrogens is 246 g/mol. The van der Waals surface area contributed by atoms with Crippen LogP contribution in [0.3, 0.4) is 0 Å². The highest BCUT2D eigenvalue weighted by Crippen LogP contribution is 2.38. The third-order valence-electron chi connectivity index (χ3n) is 4.83. The first-order chi connectivity index (χ1) is 9.18. The summed E-state index contributed by atoms with van der Waals surface area (Å²) in [6.07, 6.45) is 2.64. The molecule has 3 aliphatic heterocycles. The molecule has 2 bridgehead atoms. The molecule has 0 amide bonds. The van der Waals surface area contributed by atoms with Crippen molar-refractivity contribution in [1.29, 1.82) is 0 Å². The van der Waals surface area contributed by atoms with Gasteiger partial charge in [-0.2, -0.15) is 5.10 Å². The van der Waals surface area contributed by atoms with Gasteiger partial charge in [0.2, 0.25) is 5.69 Å². The van der Waals surface area contributed by atoms with Gasteiger partial charge in [0.1, 0.15) is 0 Å². The number of hydrogen-bond acceptors (Lipinski definition) is 1. The predicted octanol–water partition coefficient (Wildman–Crippen LogP) is 3.05. The average molecular weight is 276 g/mol. The maximum absolute atomic E-state index is 3.81. The molecule has 4 heterocycles. The van der Waals surface area contributed by atoms with Gasteiger partial charge in [-0.25, -0.2) is 0 Å². The number of aromatic nitrogens is 2. The van der Waals surface area contributed by atoms with E-state index in [2.05, 4.69) is 56.2 Å². The van der Waals surface area contributed by atoms with E-state index in [1.807, 2.05) is 0 Å². The number of nitrogens with one attached hydrogen (secondary N) is 1. The van der Waals surface area contributed by atoms with E-state index in [0.717, 1.165) is 12.5 Å². The fourth-order valence-corrected chi connectivity index (χ4v) is 3.90. The number of rotatable bonds is 0. The fraction of sp³-hybridized carbons (Fsp3) is 0.824. The molecule has 1 aromatic heterocycles. The molecule has 0 aromatic carbocycles. The Bertz CT molecular complexity index is 506. The lowest BCUT2D eigenvalue weighted by Gasteiger charge is -2.27. The summed E-state index contributed by atoms with van der Waals surface area (Å²) in [5, 5.41) is 3.81. The van der Waals surface area contributed by atoms with E-state index in [4.69, 9.17) is 0 Å². The molecule has 1 fully saturated rings. The minimum Gasteiger partial charge on any atom is -0.299 e. The summed E-state index contributed by atoms with van der Waals surface area (Å²) in [7, 11) is 0. The van der Waals surface area contributed by atoms with Crippen molar-refractivity contribution in [2.45, 2.75) is 77.8 Å². The highest BCUT2D eigenvalue weighted by molar-refractivity contribution is 5.31. The van der Waals surface area contributed by atoms with Gasteiger partial charge in [-0.05, 0) is 25.9 Å². The molecular formula is C17H30N3+. The van der Waals surface area contributed by atoms with Crippen LogP contribution in [-0.4, -0.2) is 23.1 Å². The molecule has 0 radical (unpaired) electrons. The van der Waals surface area contributed by atoms with Crippen LogP contribution >= 0.6 is 0 Å². The van der Waals surface area contributed by atoms with Gasteiger partial charge in [0.25, 0.3) is 0 Å². The van der Waals surface area contributed by atoms with E-state index in [1.165, 1.54) is 37.3 Å². The summed E-state index contributed by atoms with van der Waals surface area (Å²) in [5.41, 5.74) is 4.93. The van der Waals surface area contributed by atoms with Crippen molar-refractivity contribution in [2.75, 3.05) is 13.1 Å². The van der Waals surface area contributed by atoms with Crippen molar-refractivity contribution in [1.82, 2.24) is 10.00 Å². The van der Waals surface area contributed by atoms with Gasteiger partial charge in [-0.15, -0.1) is 4.68 Å². The highest BCUT2D eigenvalue weighted by Gasteiger charge is 2.43.